The van der Waals surface area contributed by atoms with Gasteiger partial charge in [0, 0.05) is 30.9 Å². The summed E-state index contributed by atoms with van der Waals surface area (Å²) in [6.45, 7) is 1.48. The van der Waals surface area contributed by atoms with Gasteiger partial charge in [0.25, 0.3) is 5.91 Å². The average molecular weight is 397 g/mol. The van der Waals surface area contributed by atoms with Crippen LogP contribution in [0.3, 0.4) is 0 Å². The van der Waals surface area contributed by atoms with Crippen molar-refractivity contribution in [3.8, 4) is 5.75 Å². The van der Waals surface area contributed by atoms with Crippen LogP contribution in [0.25, 0.3) is 0 Å². The molecule has 4 rings (SSSR count). The first kappa shape index (κ1) is 19.4. The second kappa shape index (κ2) is 8.21. The summed E-state index contributed by atoms with van der Waals surface area (Å²) in [5.41, 5.74) is 1.44. The summed E-state index contributed by atoms with van der Waals surface area (Å²) in [5, 5.41) is 3.52. The smallest absolute Gasteiger partial charge is 0.251 e. The molecule has 2 aliphatic rings. The molecule has 2 fully saturated rings. The number of piperidine rings is 1. The quantitative estimate of drug-likeness (QED) is 0.786. The van der Waals surface area contributed by atoms with E-state index in [4.69, 9.17) is 4.74 Å². The number of imide groups is 1. The maximum absolute atomic E-state index is 13.2. The Kier molecular flexibility index (Phi) is 5.49. The highest BCUT2D eigenvalue weighted by Gasteiger charge is 2.43. The first-order chi connectivity index (χ1) is 14.0. The summed E-state index contributed by atoms with van der Waals surface area (Å²) in [4.78, 5) is 28.6. The minimum absolute atomic E-state index is 0.171. The van der Waals surface area contributed by atoms with E-state index < -0.39 is 11.9 Å². The number of rotatable bonds is 5. The molecule has 2 aromatic rings. The minimum atomic E-state index is -0.440. The highest BCUT2D eigenvalue weighted by molar-refractivity contribution is 6.22. The minimum Gasteiger partial charge on any atom is -0.497 e. The zero-order valence-corrected chi connectivity index (χ0v) is 16.3. The predicted octanol–water partition coefficient (Wildman–Crippen LogP) is 3.04. The number of benzene rings is 2. The van der Waals surface area contributed by atoms with E-state index in [1.807, 2.05) is 24.3 Å². The van der Waals surface area contributed by atoms with Gasteiger partial charge in [0.1, 0.15) is 11.6 Å². The summed E-state index contributed by atoms with van der Waals surface area (Å²) < 4.78 is 18.4. The Morgan fingerprint density at radius 1 is 1.07 bits per heavy atom. The lowest BCUT2D eigenvalue weighted by Gasteiger charge is -2.35. The molecule has 0 bridgehead atoms. The molecule has 1 N–H and O–H groups in total. The van der Waals surface area contributed by atoms with E-state index in [1.165, 1.54) is 29.2 Å². The molecular formula is C22H24FN3O3. The Morgan fingerprint density at radius 2 is 1.79 bits per heavy atom. The van der Waals surface area contributed by atoms with Crippen LogP contribution in [0, 0.1) is 5.82 Å². The van der Waals surface area contributed by atoms with Crippen molar-refractivity contribution in [3.63, 3.8) is 0 Å². The summed E-state index contributed by atoms with van der Waals surface area (Å²) in [6.07, 6.45) is 1.93. The van der Waals surface area contributed by atoms with Crippen molar-refractivity contribution < 1.29 is 18.7 Å². The molecule has 1 atom stereocenters. The van der Waals surface area contributed by atoms with Gasteiger partial charge in [0.15, 0.2) is 0 Å². The molecule has 29 heavy (non-hydrogen) atoms. The van der Waals surface area contributed by atoms with Crippen molar-refractivity contribution in [2.24, 2.45) is 0 Å². The van der Waals surface area contributed by atoms with Crippen molar-refractivity contribution in [2.75, 3.05) is 30.4 Å². The van der Waals surface area contributed by atoms with Crippen molar-refractivity contribution in [1.29, 1.82) is 0 Å². The van der Waals surface area contributed by atoms with Crippen LogP contribution in [0.2, 0.25) is 0 Å². The maximum atomic E-state index is 13.2. The molecule has 0 aliphatic carbocycles. The fraction of sp³-hybridized carbons (Fsp3) is 0.364. The molecule has 7 heteroatoms. The number of halogens is 1. The molecule has 2 amide bonds. The molecule has 0 spiro atoms. The van der Waals surface area contributed by atoms with Gasteiger partial charge < -0.3 is 10.1 Å². The molecule has 1 unspecified atom stereocenters. The van der Waals surface area contributed by atoms with E-state index in [2.05, 4.69) is 10.2 Å². The summed E-state index contributed by atoms with van der Waals surface area (Å²) >= 11 is 0. The van der Waals surface area contributed by atoms with Crippen molar-refractivity contribution >= 4 is 23.2 Å². The second-order valence-electron chi connectivity index (χ2n) is 7.45. The van der Waals surface area contributed by atoms with E-state index in [9.17, 15) is 14.0 Å². The third kappa shape index (κ3) is 4.10. The fourth-order valence-electron chi connectivity index (χ4n) is 4.07. The maximum Gasteiger partial charge on any atom is 0.251 e. The fourth-order valence-corrected chi connectivity index (χ4v) is 4.07. The number of likely N-dealkylation sites (tertiary alicyclic amines) is 1. The Bertz CT molecular complexity index is 894. The third-order valence-electron chi connectivity index (χ3n) is 5.62. The molecular weight excluding hydrogens is 373 g/mol. The third-order valence-corrected chi connectivity index (χ3v) is 5.62. The number of anilines is 2. The van der Waals surface area contributed by atoms with Crippen LogP contribution >= 0.6 is 0 Å². The van der Waals surface area contributed by atoms with Crippen LogP contribution in [0.4, 0.5) is 15.8 Å². The Labute approximate surface area is 169 Å². The molecule has 0 aromatic heterocycles. The predicted molar refractivity (Wildman–Crippen MR) is 109 cm³/mol. The van der Waals surface area contributed by atoms with Crippen LogP contribution in [0.5, 0.6) is 5.75 Å². The highest BCUT2D eigenvalue weighted by atomic mass is 19.1. The van der Waals surface area contributed by atoms with Crippen molar-refractivity contribution in [1.82, 2.24) is 4.90 Å². The molecule has 0 saturated carbocycles. The van der Waals surface area contributed by atoms with Gasteiger partial charge in [-0.05, 0) is 49.2 Å². The van der Waals surface area contributed by atoms with Crippen molar-refractivity contribution in [2.45, 2.75) is 31.3 Å². The van der Waals surface area contributed by atoms with Crippen LogP contribution in [0.1, 0.15) is 19.3 Å². The first-order valence-electron chi connectivity index (χ1n) is 9.82. The van der Waals surface area contributed by atoms with Gasteiger partial charge in [-0.25, -0.2) is 9.29 Å². The normalized spacial score (nSPS) is 20.9. The lowest BCUT2D eigenvalue weighted by atomic mass is 10.0. The van der Waals surface area contributed by atoms with Crippen molar-refractivity contribution in [3.05, 3.63) is 54.3 Å². The van der Waals surface area contributed by atoms with E-state index in [1.54, 1.807) is 7.11 Å². The zero-order valence-electron chi connectivity index (χ0n) is 16.3. The number of amides is 2. The molecule has 0 radical (unpaired) electrons. The lowest BCUT2D eigenvalue weighted by Crippen LogP contribution is -2.48. The summed E-state index contributed by atoms with van der Waals surface area (Å²) in [6, 6.07) is 13.2. The Balaban J connectivity index is 1.36. The van der Waals surface area contributed by atoms with E-state index in [-0.39, 0.29) is 18.2 Å². The number of carbonyl (C=O) groups excluding carboxylic acids is 2. The van der Waals surface area contributed by atoms with Crippen LogP contribution in [0.15, 0.2) is 48.5 Å². The number of ether oxygens (including phenoxy) is 1. The largest absolute Gasteiger partial charge is 0.497 e. The van der Waals surface area contributed by atoms with Crippen LogP contribution < -0.4 is 15.0 Å². The lowest BCUT2D eigenvalue weighted by molar-refractivity contribution is -0.123. The molecule has 152 valence electrons. The van der Waals surface area contributed by atoms with Gasteiger partial charge in [-0.15, -0.1) is 0 Å². The molecule has 2 aromatic carbocycles. The number of hydrogen-bond acceptors (Lipinski definition) is 5. The number of nitrogens with zero attached hydrogens (tertiary/aromatic N) is 2. The summed E-state index contributed by atoms with van der Waals surface area (Å²) in [7, 11) is 1.65. The van der Waals surface area contributed by atoms with Gasteiger partial charge in [-0.3, -0.25) is 14.5 Å². The second-order valence-corrected chi connectivity index (χ2v) is 7.45. The van der Waals surface area contributed by atoms with E-state index in [0.29, 0.717) is 11.7 Å². The van der Waals surface area contributed by atoms with Crippen LogP contribution in [-0.4, -0.2) is 49.0 Å². The number of methoxy groups -OCH3 is 1. The average Bonchev–Trinajstić information content (AvgIpc) is 3.03. The molecule has 2 saturated heterocycles. The summed E-state index contributed by atoms with van der Waals surface area (Å²) in [5.74, 6) is -0.0394. The molecule has 2 aliphatic heterocycles. The number of nitrogens with one attached hydrogen (secondary N) is 1. The number of hydrogen-bond donors (Lipinski definition) is 1. The van der Waals surface area contributed by atoms with Gasteiger partial charge >= 0.3 is 0 Å². The number of carbonyl (C=O) groups is 2. The molecule has 2 heterocycles. The van der Waals surface area contributed by atoms with Gasteiger partial charge in [0.2, 0.25) is 5.91 Å². The van der Waals surface area contributed by atoms with E-state index >= 15 is 0 Å². The van der Waals surface area contributed by atoms with Crippen LogP contribution in [-0.2, 0) is 9.59 Å². The molecule has 6 nitrogen and oxygen atoms in total. The highest BCUT2D eigenvalue weighted by Crippen LogP contribution is 2.28. The monoisotopic (exact) mass is 397 g/mol. The first-order valence-corrected chi connectivity index (χ1v) is 9.82. The Morgan fingerprint density at radius 3 is 2.48 bits per heavy atom. The van der Waals surface area contributed by atoms with Gasteiger partial charge in [-0.1, -0.05) is 6.07 Å². The zero-order chi connectivity index (χ0) is 20.4. The SMILES string of the molecule is COc1cccc(NC2CCN(C3CC(=O)N(c4ccc(F)cc4)C3=O)CC2)c1. The van der Waals surface area contributed by atoms with Gasteiger partial charge in [0.05, 0.1) is 25.3 Å². The Hall–Kier alpha value is -2.93. The topological polar surface area (TPSA) is 61.9 Å². The van der Waals surface area contributed by atoms with Gasteiger partial charge in [-0.2, -0.15) is 0 Å². The van der Waals surface area contributed by atoms with E-state index in [0.717, 1.165) is 37.4 Å². The standard InChI is InChI=1S/C22H24FN3O3/c1-29-19-4-2-3-17(13-19)24-16-9-11-25(12-10-16)20-14-21(27)26(22(20)28)18-7-5-15(23)6-8-18/h2-8,13,16,20,24H,9-12,14H2,1H3.